The van der Waals surface area contributed by atoms with Crippen LogP contribution in [0.15, 0.2) is 22.2 Å². The van der Waals surface area contributed by atoms with Gasteiger partial charge in [-0.15, -0.1) is 0 Å². The summed E-state index contributed by atoms with van der Waals surface area (Å²) in [6, 6.07) is 0. The molecule has 0 bridgehead atoms. The average molecular weight is 175 g/mol. The van der Waals surface area contributed by atoms with Gasteiger partial charge in [0.15, 0.2) is 0 Å². The second-order valence-electron chi connectivity index (χ2n) is 1.85. The maximum absolute atomic E-state index is 3.40. The molecule has 0 aromatic rings. The molecule has 0 aliphatic rings. The quantitative estimate of drug-likeness (QED) is 0.536. The van der Waals surface area contributed by atoms with Crippen molar-refractivity contribution in [3.05, 3.63) is 22.2 Å². The molecular formula is C7H11Br. The number of allylic oxidation sites excluding steroid dienone is 4. The van der Waals surface area contributed by atoms with E-state index in [0.29, 0.717) is 0 Å². The lowest BCUT2D eigenvalue weighted by molar-refractivity contribution is 1.38. The molecule has 0 spiro atoms. The van der Waals surface area contributed by atoms with Gasteiger partial charge in [-0.3, -0.25) is 0 Å². The van der Waals surface area contributed by atoms with Gasteiger partial charge in [-0.1, -0.05) is 33.7 Å². The Morgan fingerprint density at radius 1 is 1.38 bits per heavy atom. The van der Waals surface area contributed by atoms with Crippen molar-refractivity contribution in [2.24, 2.45) is 0 Å². The summed E-state index contributed by atoms with van der Waals surface area (Å²) in [4.78, 5) is 0. The number of hydrogen-bond acceptors (Lipinski definition) is 0. The Morgan fingerprint density at radius 3 is 2.00 bits per heavy atom. The molecule has 0 saturated carbocycles. The molecule has 0 atom stereocenters. The van der Waals surface area contributed by atoms with E-state index >= 15 is 0 Å². The van der Waals surface area contributed by atoms with Gasteiger partial charge in [0.2, 0.25) is 0 Å². The van der Waals surface area contributed by atoms with E-state index in [4.69, 9.17) is 0 Å². The highest BCUT2D eigenvalue weighted by Crippen LogP contribution is 2.11. The van der Waals surface area contributed by atoms with Crippen molar-refractivity contribution in [1.29, 1.82) is 0 Å². The molecule has 0 aliphatic heterocycles. The van der Waals surface area contributed by atoms with Crippen LogP contribution in [0, 0.1) is 0 Å². The Balaban J connectivity index is 4.00. The predicted molar refractivity (Wildman–Crippen MR) is 42.1 cm³/mol. The van der Waals surface area contributed by atoms with Crippen molar-refractivity contribution < 1.29 is 0 Å². The second kappa shape index (κ2) is 3.90. The summed E-state index contributed by atoms with van der Waals surface area (Å²) in [5.41, 5.74) is 1.31. The van der Waals surface area contributed by atoms with Gasteiger partial charge in [0.1, 0.15) is 0 Å². The van der Waals surface area contributed by atoms with Crippen LogP contribution in [0.1, 0.15) is 20.8 Å². The van der Waals surface area contributed by atoms with E-state index in [1.165, 1.54) is 10.1 Å². The van der Waals surface area contributed by atoms with E-state index in [0.717, 1.165) is 0 Å². The van der Waals surface area contributed by atoms with Gasteiger partial charge >= 0.3 is 0 Å². The summed E-state index contributed by atoms with van der Waals surface area (Å²) in [5, 5.41) is 0. The Bertz CT molecular complexity index is 116. The van der Waals surface area contributed by atoms with Crippen LogP contribution in [0.3, 0.4) is 0 Å². The van der Waals surface area contributed by atoms with Crippen LogP contribution in [0.2, 0.25) is 0 Å². The number of halogens is 1. The maximum Gasteiger partial charge on any atom is 0.0158 e. The molecule has 0 amide bonds. The highest BCUT2D eigenvalue weighted by Gasteiger charge is 1.83. The third-order valence-electron chi connectivity index (χ3n) is 0.791. The molecule has 0 saturated heterocycles. The molecule has 0 unspecified atom stereocenters. The summed E-state index contributed by atoms with van der Waals surface area (Å²) in [7, 11) is 0. The van der Waals surface area contributed by atoms with E-state index in [9.17, 15) is 0 Å². The van der Waals surface area contributed by atoms with E-state index in [1.54, 1.807) is 0 Å². The fourth-order valence-corrected chi connectivity index (χ4v) is 0.577. The van der Waals surface area contributed by atoms with Crippen LogP contribution < -0.4 is 0 Å². The Morgan fingerprint density at radius 2 is 1.88 bits per heavy atom. The summed E-state index contributed by atoms with van der Waals surface area (Å²) >= 11 is 3.40. The molecular weight excluding hydrogens is 164 g/mol. The predicted octanol–water partition coefficient (Wildman–Crippen LogP) is 3.25. The largest absolute Gasteiger partial charge is 0.0865 e. The summed E-state index contributed by atoms with van der Waals surface area (Å²) in [5.74, 6) is 0. The van der Waals surface area contributed by atoms with Gasteiger partial charge in [0.05, 0.1) is 0 Å². The number of rotatable bonds is 1. The van der Waals surface area contributed by atoms with Crippen LogP contribution in [0.25, 0.3) is 0 Å². The normalized spacial score (nSPS) is 10.0. The van der Waals surface area contributed by atoms with Crippen molar-refractivity contribution in [3.8, 4) is 0 Å². The molecule has 0 fully saturated rings. The fourth-order valence-electron chi connectivity index (χ4n) is 0.313. The van der Waals surface area contributed by atoms with Crippen molar-refractivity contribution in [2.75, 3.05) is 0 Å². The standard InChI is InChI=1S/C7H11Br/c1-4-5-7(8)6(2)3/h4-5H,1-3H3/b5-4-. The first-order valence-corrected chi connectivity index (χ1v) is 3.43. The van der Waals surface area contributed by atoms with Crippen LogP contribution in [0.5, 0.6) is 0 Å². The van der Waals surface area contributed by atoms with E-state index < -0.39 is 0 Å². The smallest absolute Gasteiger partial charge is 0.0158 e. The molecule has 0 aromatic heterocycles. The Hall–Kier alpha value is -0.0400. The first kappa shape index (κ1) is 7.96. The van der Waals surface area contributed by atoms with Crippen LogP contribution in [-0.2, 0) is 0 Å². The van der Waals surface area contributed by atoms with Gasteiger partial charge in [-0.25, -0.2) is 0 Å². The van der Waals surface area contributed by atoms with E-state index in [1.807, 2.05) is 19.1 Å². The Labute approximate surface area is 59.4 Å². The van der Waals surface area contributed by atoms with Gasteiger partial charge in [-0.2, -0.15) is 0 Å². The zero-order valence-electron chi connectivity index (χ0n) is 5.53. The minimum atomic E-state index is 1.18. The third-order valence-corrected chi connectivity index (χ3v) is 1.85. The van der Waals surface area contributed by atoms with Crippen molar-refractivity contribution in [2.45, 2.75) is 20.8 Å². The highest BCUT2D eigenvalue weighted by molar-refractivity contribution is 9.11. The molecule has 0 heterocycles. The van der Waals surface area contributed by atoms with E-state index in [2.05, 4.69) is 29.8 Å². The van der Waals surface area contributed by atoms with E-state index in [-0.39, 0.29) is 0 Å². The summed E-state index contributed by atoms with van der Waals surface area (Å²) < 4.78 is 1.18. The highest BCUT2D eigenvalue weighted by atomic mass is 79.9. The topological polar surface area (TPSA) is 0 Å². The van der Waals surface area contributed by atoms with Crippen molar-refractivity contribution >= 4 is 15.9 Å². The molecule has 46 valence electrons. The van der Waals surface area contributed by atoms with Crippen LogP contribution >= 0.6 is 15.9 Å². The van der Waals surface area contributed by atoms with Gasteiger partial charge in [0.25, 0.3) is 0 Å². The summed E-state index contributed by atoms with van der Waals surface area (Å²) in [6.07, 6.45) is 4.05. The molecule has 0 nitrogen and oxygen atoms in total. The molecule has 0 radical (unpaired) electrons. The Kier molecular flexibility index (Phi) is 3.88. The fraction of sp³-hybridized carbons (Fsp3) is 0.429. The third kappa shape index (κ3) is 3.03. The minimum Gasteiger partial charge on any atom is -0.0865 e. The van der Waals surface area contributed by atoms with Gasteiger partial charge in [-0.05, 0) is 20.8 Å². The first-order valence-electron chi connectivity index (χ1n) is 2.64. The zero-order chi connectivity index (χ0) is 6.57. The average Bonchev–Trinajstić information content (AvgIpc) is 1.67. The minimum absolute atomic E-state index is 1.18. The van der Waals surface area contributed by atoms with Gasteiger partial charge in [0, 0.05) is 4.48 Å². The van der Waals surface area contributed by atoms with Crippen LogP contribution in [-0.4, -0.2) is 0 Å². The van der Waals surface area contributed by atoms with Crippen molar-refractivity contribution in [3.63, 3.8) is 0 Å². The molecule has 0 N–H and O–H groups in total. The lowest BCUT2D eigenvalue weighted by Gasteiger charge is -1.89. The second-order valence-corrected chi connectivity index (χ2v) is 2.70. The molecule has 0 rings (SSSR count). The molecule has 0 aliphatic carbocycles. The maximum atomic E-state index is 3.40. The van der Waals surface area contributed by atoms with Crippen molar-refractivity contribution in [1.82, 2.24) is 0 Å². The lowest BCUT2D eigenvalue weighted by Crippen LogP contribution is -1.66. The molecule has 8 heavy (non-hydrogen) atoms. The zero-order valence-corrected chi connectivity index (χ0v) is 7.12. The molecule has 0 aromatic carbocycles. The number of hydrogen-bond donors (Lipinski definition) is 0. The van der Waals surface area contributed by atoms with Crippen LogP contribution in [0.4, 0.5) is 0 Å². The lowest BCUT2D eigenvalue weighted by atomic mass is 10.3. The first-order chi connectivity index (χ1) is 3.68. The summed E-state index contributed by atoms with van der Waals surface area (Å²) in [6.45, 7) is 6.15. The molecule has 1 heteroatoms. The monoisotopic (exact) mass is 174 g/mol. The SMILES string of the molecule is C/C=C\C(Br)=C(C)C. The van der Waals surface area contributed by atoms with Gasteiger partial charge < -0.3 is 0 Å².